The highest BCUT2D eigenvalue weighted by Crippen LogP contribution is 2.39. The van der Waals surface area contributed by atoms with Gasteiger partial charge in [-0.15, -0.1) is 0 Å². The molecule has 3 aromatic rings. The van der Waals surface area contributed by atoms with E-state index in [4.69, 9.17) is 0 Å². The van der Waals surface area contributed by atoms with E-state index in [-0.39, 0.29) is 6.04 Å². The standard InChI is InChI=1S/C28H38F3N/c1-3-5-7-9-11-15-23(16-12-10-8-6-4-2)32-26-18-14-13-17-24(26)25-20-19-22(21-27(25)32)28(29,30)31/h13-14,17-21,23H,3-12,15-16H2,1-2H3. The first kappa shape index (κ1) is 24.7. The average Bonchev–Trinajstić information content (AvgIpc) is 3.10. The third-order valence-electron chi connectivity index (χ3n) is 6.69. The van der Waals surface area contributed by atoms with Crippen molar-refractivity contribution in [1.29, 1.82) is 0 Å². The molecular weight excluding hydrogens is 407 g/mol. The van der Waals surface area contributed by atoms with Crippen LogP contribution in [0.5, 0.6) is 0 Å². The molecule has 176 valence electrons. The summed E-state index contributed by atoms with van der Waals surface area (Å²) < 4.78 is 42.8. The first-order valence-electron chi connectivity index (χ1n) is 12.6. The summed E-state index contributed by atoms with van der Waals surface area (Å²) in [5, 5.41) is 1.98. The van der Waals surface area contributed by atoms with E-state index >= 15 is 0 Å². The van der Waals surface area contributed by atoms with Gasteiger partial charge in [-0.3, -0.25) is 0 Å². The predicted octanol–water partition coefficient (Wildman–Crippen LogP) is 10.1. The average molecular weight is 446 g/mol. The molecule has 0 aliphatic carbocycles. The van der Waals surface area contributed by atoms with Crippen molar-refractivity contribution in [2.75, 3.05) is 0 Å². The van der Waals surface area contributed by atoms with Gasteiger partial charge in [0.25, 0.3) is 0 Å². The Hall–Kier alpha value is -1.97. The molecule has 0 amide bonds. The van der Waals surface area contributed by atoms with E-state index in [9.17, 15) is 13.2 Å². The van der Waals surface area contributed by atoms with Gasteiger partial charge in [-0.1, -0.05) is 102 Å². The first-order chi connectivity index (χ1) is 15.5. The van der Waals surface area contributed by atoms with Crippen LogP contribution in [0.25, 0.3) is 21.8 Å². The van der Waals surface area contributed by atoms with Crippen LogP contribution < -0.4 is 0 Å². The van der Waals surface area contributed by atoms with Crippen LogP contribution in [-0.2, 0) is 6.18 Å². The molecule has 0 saturated heterocycles. The number of aromatic nitrogens is 1. The van der Waals surface area contributed by atoms with Gasteiger partial charge < -0.3 is 4.57 Å². The van der Waals surface area contributed by atoms with Gasteiger partial charge in [-0.2, -0.15) is 13.2 Å². The van der Waals surface area contributed by atoms with E-state index in [0.717, 1.165) is 47.5 Å². The second-order valence-corrected chi connectivity index (χ2v) is 9.18. The second-order valence-electron chi connectivity index (χ2n) is 9.18. The highest BCUT2D eigenvalue weighted by Gasteiger charge is 2.31. The first-order valence-corrected chi connectivity index (χ1v) is 12.6. The molecule has 0 fully saturated rings. The van der Waals surface area contributed by atoms with Gasteiger partial charge in [0.1, 0.15) is 0 Å². The van der Waals surface area contributed by atoms with Gasteiger partial charge in [-0.25, -0.2) is 0 Å². The SMILES string of the molecule is CCCCCCCC(CCCCCCC)n1c2ccccc2c2ccc(C(F)(F)F)cc21. The summed E-state index contributed by atoms with van der Waals surface area (Å²) in [5.41, 5.74) is 1.24. The second kappa shape index (κ2) is 11.8. The highest BCUT2D eigenvalue weighted by molar-refractivity contribution is 6.08. The molecule has 0 atom stereocenters. The zero-order valence-corrected chi connectivity index (χ0v) is 19.7. The van der Waals surface area contributed by atoms with Gasteiger partial charge in [0.2, 0.25) is 0 Å². The predicted molar refractivity (Wildman–Crippen MR) is 130 cm³/mol. The maximum Gasteiger partial charge on any atom is 0.416 e. The number of hydrogen-bond acceptors (Lipinski definition) is 0. The molecule has 3 rings (SSSR count). The number of para-hydroxylation sites is 1. The van der Waals surface area contributed by atoms with Crippen LogP contribution >= 0.6 is 0 Å². The minimum absolute atomic E-state index is 0.240. The Labute approximate surface area is 191 Å². The quantitative estimate of drug-likeness (QED) is 0.231. The molecule has 0 saturated carbocycles. The third kappa shape index (κ3) is 6.08. The van der Waals surface area contributed by atoms with Crippen molar-refractivity contribution >= 4 is 21.8 Å². The molecule has 0 radical (unpaired) electrons. The monoisotopic (exact) mass is 445 g/mol. The number of halogens is 3. The Kier molecular flexibility index (Phi) is 9.07. The fourth-order valence-electron chi connectivity index (χ4n) is 4.94. The van der Waals surface area contributed by atoms with E-state index in [1.54, 1.807) is 6.07 Å². The van der Waals surface area contributed by atoms with Gasteiger partial charge in [0.15, 0.2) is 0 Å². The largest absolute Gasteiger partial charge is 0.416 e. The molecule has 0 aliphatic heterocycles. The number of nitrogens with zero attached hydrogens (tertiary/aromatic N) is 1. The third-order valence-corrected chi connectivity index (χ3v) is 6.69. The van der Waals surface area contributed by atoms with Gasteiger partial charge >= 0.3 is 6.18 Å². The number of benzene rings is 2. The van der Waals surface area contributed by atoms with Crippen molar-refractivity contribution in [2.45, 2.75) is 103 Å². The Morgan fingerprint density at radius 1 is 0.688 bits per heavy atom. The Morgan fingerprint density at radius 2 is 1.25 bits per heavy atom. The number of alkyl halides is 3. The van der Waals surface area contributed by atoms with E-state index < -0.39 is 11.7 Å². The fourth-order valence-corrected chi connectivity index (χ4v) is 4.94. The summed E-state index contributed by atoms with van der Waals surface area (Å²) in [6.45, 7) is 4.44. The minimum Gasteiger partial charge on any atom is -0.337 e. The molecule has 0 spiro atoms. The topological polar surface area (TPSA) is 4.93 Å². The van der Waals surface area contributed by atoms with Crippen molar-refractivity contribution in [1.82, 2.24) is 4.57 Å². The van der Waals surface area contributed by atoms with Crippen LogP contribution in [0.15, 0.2) is 42.5 Å². The van der Waals surface area contributed by atoms with E-state index in [1.807, 2.05) is 18.2 Å². The van der Waals surface area contributed by atoms with E-state index in [2.05, 4.69) is 24.5 Å². The highest BCUT2D eigenvalue weighted by atomic mass is 19.4. The zero-order chi connectivity index (χ0) is 23.0. The van der Waals surface area contributed by atoms with E-state index in [0.29, 0.717) is 0 Å². The normalized spacial score (nSPS) is 12.4. The van der Waals surface area contributed by atoms with Crippen LogP contribution in [0, 0.1) is 0 Å². The maximum atomic E-state index is 13.5. The van der Waals surface area contributed by atoms with Crippen LogP contribution in [-0.4, -0.2) is 4.57 Å². The summed E-state index contributed by atoms with van der Waals surface area (Å²) in [5.74, 6) is 0. The molecule has 0 bridgehead atoms. The lowest BCUT2D eigenvalue weighted by Gasteiger charge is -2.22. The molecular formula is C28H38F3N. The van der Waals surface area contributed by atoms with Crippen molar-refractivity contribution < 1.29 is 13.2 Å². The van der Waals surface area contributed by atoms with Crippen LogP contribution in [0.4, 0.5) is 13.2 Å². The Bertz CT molecular complexity index is 956. The summed E-state index contributed by atoms with van der Waals surface area (Å²) in [6.07, 6.45) is 9.82. The summed E-state index contributed by atoms with van der Waals surface area (Å²) in [6, 6.07) is 12.6. The lowest BCUT2D eigenvalue weighted by atomic mass is 9.99. The molecule has 1 nitrogen and oxygen atoms in total. The summed E-state index contributed by atoms with van der Waals surface area (Å²) in [7, 11) is 0. The lowest BCUT2D eigenvalue weighted by molar-refractivity contribution is -0.137. The summed E-state index contributed by atoms with van der Waals surface area (Å²) >= 11 is 0. The van der Waals surface area contributed by atoms with Crippen molar-refractivity contribution in [3.05, 3.63) is 48.0 Å². The lowest BCUT2D eigenvalue weighted by Crippen LogP contribution is -2.10. The minimum atomic E-state index is -4.33. The maximum absolute atomic E-state index is 13.5. The van der Waals surface area contributed by atoms with Gasteiger partial charge in [0.05, 0.1) is 5.56 Å². The van der Waals surface area contributed by atoms with Gasteiger partial charge in [-0.05, 0) is 31.0 Å². The van der Waals surface area contributed by atoms with Crippen molar-refractivity contribution in [3.63, 3.8) is 0 Å². The molecule has 0 unspecified atom stereocenters. The number of hydrogen-bond donors (Lipinski definition) is 0. The molecule has 1 heterocycles. The van der Waals surface area contributed by atoms with Crippen molar-refractivity contribution in [2.24, 2.45) is 0 Å². The summed E-state index contributed by atoms with van der Waals surface area (Å²) in [4.78, 5) is 0. The smallest absolute Gasteiger partial charge is 0.337 e. The van der Waals surface area contributed by atoms with Crippen molar-refractivity contribution in [3.8, 4) is 0 Å². The number of unbranched alkanes of at least 4 members (excludes halogenated alkanes) is 8. The number of rotatable bonds is 13. The van der Waals surface area contributed by atoms with Gasteiger partial charge in [0, 0.05) is 27.8 Å². The Balaban J connectivity index is 1.97. The zero-order valence-electron chi connectivity index (χ0n) is 19.7. The molecule has 1 aromatic heterocycles. The van der Waals surface area contributed by atoms with Crippen LogP contribution in [0.2, 0.25) is 0 Å². The van der Waals surface area contributed by atoms with E-state index in [1.165, 1.54) is 63.5 Å². The molecule has 0 aliphatic rings. The molecule has 2 aromatic carbocycles. The van der Waals surface area contributed by atoms with Crippen LogP contribution in [0.1, 0.15) is 103 Å². The molecule has 32 heavy (non-hydrogen) atoms. The fraction of sp³-hybridized carbons (Fsp3) is 0.571. The molecule has 0 N–H and O–H groups in total. The number of fused-ring (bicyclic) bond motifs is 3. The Morgan fingerprint density at radius 3 is 1.84 bits per heavy atom. The van der Waals surface area contributed by atoms with Crippen LogP contribution in [0.3, 0.4) is 0 Å². The molecule has 4 heteroatoms.